The summed E-state index contributed by atoms with van der Waals surface area (Å²) < 4.78 is 18.5. The number of benzene rings is 1. The first-order valence-corrected chi connectivity index (χ1v) is 6.67. The predicted octanol–water partition coefficient (Wildman–Crippen LogP) is 3.51. The third-order valence-corrected chi connectivity index (χ3v) is 3.33. The van der Waals surface area contributed by atoms with Crippen molar-refractivity contribution in [3.8, 4) is 5.88 Å². The molecule has 0 aliphatic heterocycles. The first-order valence-electron chi connectivity index (χ1n) is 5.87. The molecule has 110 valence electrons. The average Bonchev–Trinajstić information content (AvgIpc) is 2.48. The monoisotopic (exact) mass is 355 g/mol. The van der Waals surface area contributed by atoms with Gasteiger partial charge in [0.05, 0.1) is 22.6 Å². The zero-order valence-electron chi connectivity index (χ0n) is 11.0. The molecule has 2 aromatic rings. The van der Waals surface area contributed by atoms with Crippen LogP contribution in [0.1, 0.15) is 5.56 Å². The normalized spacial score (nSPS) is 10.2. The standard InChI is InChI=1S/C13H11BrFN3O3/c1-21-13-3-2-8(7-17-13)6-16-11-4-9(14)10(15)5-12(11)18(19)20/h2-5,7,16H,6H2,1H3. The lowest BCUT2D eigenvalue weighted by molar-refractivity contribution is -0.384. The lowest BCUT2D eigenvalue weighted by Crippen LogP contribution is -2.04. The van der Waals surface area contributed by atoms with Gasteiger partial charge < -0.3 is 10.1 Å². The molecule has 1 N–H and O–H groups in total. The van der Waals surface area contributed by atoms with Gasteiger partial charge in [-0.2, -0.15) is 0 Å². The van der Waals surface area contributed by atoms with Gasteiger partial charge in [-0.3, -0.25) is 10.1 Å². The van der Waals surface area contributed by atoms with Gasteiger partial charge in [0, 0.05) is 18.8 Å². The van der Waals surface area contributed by atoms with Crippen molar-refractivity contribution in [1.82, 2.24) is 4.98 Å². The van der Waals surface area contributed by atoms with Gasteiger partial charge in [0.2, 0.25) is 5.88 Å². The van der Waals surface area contributed by atoms with E-state index in [1.807, 2.05) is 0 Å². The first-order chi connectivity index (χ1) is 10.0. The summed E-state index contributed by atoms with van der Waals surface area (Å²) in [6.45, 7) is 0.315. The highest BCUT2D eigenvalue weighted by Crippen LogP contribution is 2.30. The summed E-state index contributed by atoms with van der Waals surface area (Å²) in [5, 5.41) is 13.8. The molecule has 2 rings (SSSR count). The highest BCUT2D eigenvalue weighted by molar-refractivity contribution is 9.10. The van der Waals surface area contributed by atoms with Crippen molar-refractivity contribution in [2.75, 3.05) is 12.4 Å². The van der Waals surface area contributed by atoms with E-state index in [0.717, 1.165) is 11.6 Å². The second-order valence-electron chi connectivity index (χ2n) is 4.10. The number of hydrogen-bond acceptors (Lipinski definition) is 5. The maximum atomic E-state index is 13.4. The SMILES string of the molecule is COc1ccc(CNc2cc(Br)c(F)cc2[N+](=O)[O-])cn1. The van der Waals surface area contributed by atoms with Crippen LogP contribution in [0.15, 0.2) is 34.9 Å². The Kier molecular flexibility index (Phi) is 4.69. The number of anilines is 1. The number of ether oxygens (including phenoxy) is 1. The van der Waals surface area contributed by atoms with Crippen molar-refractivity contribution in [2.45, 2.75) is 6.54 Å². The summed E-state index contributed by atoms with van der Waals surface area (Å²) in [6, 6.07) is 5.68. The molecule has 0 radical (unpaired) electrons. The Hall–Kier alpha value is -2.22. The molecule has 0 saturated carbocycles. The number of rotatable bonds is 5. The second kappa shape index (κ2) is 6.49. The van der Waals surface area contributed by atoms with Gasteiger partial charge in [-0.05, 0) is 27.6 Å². The summed E-state index contributed by atoms with van der Waals surface area (Å²) in [4.78, 5) is 14.3. The molecule has 0 amide bonds. The van der Waals surface area contributed by atoms with Crippen molar-refractivity contribution >= 4 is 27.3 Å². The molecule has 0 atom stereocenters. The number of pyridine rings is 1. The number of nitrogens with zero attached hydrogens (tertiary/aromatic N) is 2. The van der Waals surface area contributed by atoms with Gasteiger partial charge in [-0.15, -0.1) is 0 Å². The Bertz CT molecular complexity index is 664. The summed E-state index contributed by atoms with van der Waals surface area (Å²) in [7, 11) is 1.51. The van der Waals surface area contributed by atoms with Crippen LogP contribution in [0.5, 0.6) is 5.88 Å². The van der Waals surface area contributed by atoms with Crippen LogP contribution >= 0.6 is 15.9 Å². The number of nitrogens with one attached hydrogen (secondary N) is 1. The van der Waals surface area contributed by atoms with Crippen molar-refractivity contribution in [2.24, 2.45) is 0 Å². The van der Waals surface area contributed by atoms with E-state index in [2.05, 4.69) is 26.2 Å². The van der Waals surface area contributed by atoms with Crippen LogP contribution in [0.25, 0.3) is 0 Å². The third-order valence-electron chi connectivity index (χ3n) is 2.73. The van der Waals surface area contributed by atoms with Crippen LogP contribution < -0.4 is 10.1 Å². The maximum Gasteiger partial charge on any atom is 0.295 e. The minimum absolute atomic E-state index is 0.156. The highest BCUT2D eigenvalue weighted by atomic mass is 79.9. The largest absolute Gasteiger partial charge is 0.481 e. The fourth-order valence-corrected chi connectivity index (χ4v) is 2.01. The number of aromatic nitrogens is 1. The molecule has 21 heavy (non-hydrogen) atoms. The van der Waals surface area contributed by atoms with Crippen molar-refractivity contribution in [3.05, 3.63) is 56.4 Å². The summed E-state index contributed by atoms with van der Waals surface area (Å²) in [5.74, 6) is -0.201. The first kappa shape index (κ1) is 15.2. The van der Waals surface area contributed by atoms with Crippen molar-refractivity contribution in [3.63, 3.8) is 0 Å². The number of nitro groups is 1. The van der Waals surface area contributed by atoms with Crippen molar-refractivity contribution in [1.29, 1.82) is 0 Å². The van der Waals surface area contributed by atoms with Gasteiger partial charge >= 0.3 is 0 Å². The molecule has 8 heteroatoms. The molecular weight excluding hydrogens is 345 g/mol. The molecular formula is C13H11BrFN3O3. The molecule has 0 aliphatic rings. The van der Waals surface area contributed by atoms with Crippen LogP contribution in [0, 0.1) is 15.9 Å². The van der Waals surface area contributed by atoms with E-state index in [1.165, 1.54) is 13.2 Å². The van der Waals surface area contributed by atoms with E-state index >= 15 is 0 Å². The van der Waals surface area contributed by atoms with Crippen LogP contribution in [-0.4, -0.2) is 17.0 Å². The summed E-state index contributed by atoms with van der Waals surface area (Å²) in [5.41, 5.74) is 0.715. The molecule has 1 heterocycles. The van der Waals surface area contributed by atoms with E-state index in [-0.39, 0.29) is 15.8 Å². The van der Waals surface area contributed by atoms with Gasteiger partial charge in [0.1, 0.15) is 11.5 Å². The van der Waals surface area contributed by atoms with Crippen LogP contribution in [0.4, 0.5) is 15.8 Å². The Morgan fingerprint density at radius 1 is 1.48 bits per heavy atom. The second-order valence-corrected chi connectivity index (χ2v) is 4.96. The predicted molar refractivity (Wildman–Crippen MR) is 78.9 cm³/mol. The molecule has 1 aromatic carbocycles. The van der Waals surface area contributed by atoms with Crippen LogP contribution in [0.2, 0.25) is 0 Å². The Balaban J connectivity index is 2.18. The molecule has 0 fully saturated rings. The van der Waals surface area contributed by atoms with Gasteiger partial charge in [-0.25, -0.2) is 9.37 Å². The lowest BCUT2D eigenvalue weighted by Gasteiger charge is -2.08. The Morgan fingerprint density at radius 2 is 2.24 bits per heavy atom. The molecule has 0 bridgehead atoms. The van der Waals surface area contributed by atoms with Crippen LogP contribution in [0.3, 0.4) is 0 Å². The van der Waals surface area contributed by atoms with E-state index in [4.69, 9.17) is 4.74 Å². The molecule has 0 saturated heterocycles. The number of hydrogen-bond donors (Lipinski definition) is 1. The number of halogens is 2. The molecule has 0 unspecified atom stereocenters. The van der Waals surface area contributed by atoms with Gasteiger partial charge in [-0.1, -0.05) is 6.07 Å². The maximum absolute atomic E-state index is 13.4. The number of methoxy groups -OCH3 is 1. The quantitative estimate of drug-likeness (QED) is 0.655. The summed E-state index contributed by atoms with van der Waals surface area (Å²) in [6.07, 6.45) is 1.59. The lowest BCUT2D eigenvalue weighted by atomic mass is 10.2. The number of nitro benzene ring substituents is 1. The molecule has 0 aliphatic carbocycles. The summed E-state index contributed by atoms with van der Waals surface area (Å²) >= 11 is 3.01. The Labute approximate surface area is 128 Å². The zero-order valence-corrected chi connectivity index (χ0v) is 12.6. The molecule has 1 aromatic heterocycles. The van der Waals surface area contributed by atoms with Crippen molar-refractivity contribution < 1.29 is 14.1 Å². The van der Waals surface area contributed by atoms with Crippen LogP contribution in [-0.2, 0) is 6.54 Å². The van der Waals surface area contributed by atoms with E-state index < -0.39 is 10.7 Å². The van der Waals surface area contributed by atoms with E-state index in [1.54, 1.807) is 18.3 Å². The minimum Gasteiger partial charge on any atom is -0.481 e. The third kappa shape index (κ3) is 3.66. The van der Waals surface area contributed by atoms with Gasteiger partial charge in [0.15, 0.2) is 0 Å². The molecule has 6 nitrogen and oxygen atoms in total. The van der Waals surface area contributed by atoms with E-state index in [9.17, 15) is 14.5 Å². The minimum atomic E-state index is -0.682. The molecule has 0 spiro atoms. The zero-order chi connectivity index (χ0) is 15.4. The van der Waals surface area contributed by atoms with E-state index in [0.29, 0.717) is 12.4 Å². The smallest absolute Gasteiger partial charge is 0.295 e. The highest BCUT2D eigenvalue weighted by Gasteiger charge is 2.17. The fourth-order valence-electron chi connectivity index (χ4n) is 1.66. The van der Waals surface area contributed by atoms with Gasteiger partial charge in [0.25, 0.3) is 5.69 Å². The Morgan fingerprint density at radius 3 is 2.81 bits per heavy atom. The average molecular weight is 356 g/mol. The fraction of sp³-hybridized carbons (Fsp3) is 0.154. The topological polar surface area (TPSA) is 77.3 Å².